The number of rotatable bonds is 5. The number of nitrogens with one attached hydrogen (secondary N) is 2. The second-order valence-corrected chi connectivity index (χ2v) is 12.1. The molecule has 2 saturated heterocycles. The number of hydrogen-bond donors (Lipinski definition) is 3. The average Bonchev–Trinajstić information content (AvgIpc) is 3.33. The molecule has 2 aliphatic rings. The molecule has 2 aromatic carbocycles. The summed E-state index contributed by atoms with van der Waals surface area (Å²) in [7, 11) is 0. The number of carbonyl (C=O) groups is 1. The maximum absolute atomic E-state index is 14.2. The molecule has 3 aromatic rings. The Bertz CT molecular complexity index is 1500. The fourth-order valence-corrected chi connectivity index (χ4v) is 5.31. The highest BCUT2D eigenvalue weighted by molar-refractivity contribution is 9.10. The normalized spacial score (nSPS) is 25.8. The summed E-state index contributed by atoms with van der Waals surface area (Å²) in [5, 5.41) is 15.8. The van der Waals surface area contributed by atoms with Crippen LogP contribution in [0.3, 0.4) is 0 Å². The lowest BCUT2D eigenvalue weighted by atomic mass is 9.91. The molecule has 1 aromatic heterocycles. The van der Waals surface area contributed by atoms with Gasteiger partial charge in [0.05, 0.1) is 28.4 Å². The highest BCUT2D eigenvalue weighted by Gasteiger charge is 2.52. The lowest BCUT2D eigenvalue weighted by Crippen LogP contribution is -2.66. The first-order valence-corrected chi connectivity index (χ1v) is 14.3. The minimum Gasteiger partial charge on any atom is -0.443 e. The summed E-state index contributed by atoms with van der Waals surface area (Å²) >= 11 is 2.94. The highest BCUT2D eigenvalue weighted by Crippen LogP contribution is 2.41. The Kier molecular flexibility index (Phi) is 9.04. The SMILES string of the molecule is Cc1nc([C@@H]2O[C@@H]3COC(c4ccccc4)O[C@@H]3[C@H](NNC(=O)OC(C)(C)C)[C@H]2O)n(-c2cc(Br)c(F)cc2C(F)(F)F)n1. The minimum absolute atomic E-state index is 0.0406. The van der Waals surface area contributed by atoms with Gasteiger partial charge in [-0.1, -0.05) is 30.3 Å². The summed E-state index contributed by atoms with van der Waals surface area (Å²) in [6.45, 7) is 6.42. The Morgan fingerprint density at radius 1 is 1.16 bits per heavy atom. The number of halogens is 5. The number of aliphatic hydroxyl groups excluding tert-OH is 1. The summed E-state index contributed by atoms with van der Waals surface area (Å²) in [4.78, 5) is 16.8. The predicted molar refractivity (Wildman–Crippen MR) is 149 cm³/mol. The standard InChI is InChI=1S/C28H30BrF4N5O6/c1-13-34-24(38(37-13)18-11-16(29)17(30)10-15(18)28(31,32)33)23-21(39)20(35-36-26(40)44-27(2,3)4)22-19(42-23)12-41-25(43-22)14-8-6-5-7-9-14/h5-11,19-23,25,35,39H,12H2,1-4H3,(H,36,40)/t19-,20-,21-,22+,23-,25?/m1/s1. The van der Waals surface area contributed by atoms with Crippen LogP contribution in [0.2, 0.25) is 0 Å². The van der Waals surface area contributed by atoms with E-state index in [-0.39, 0.29) is 22.7 Å². The van der Waals surface area contributed by atoms with Gasteiger partial charge >= 0.3 is 12.3 Å². The van der Waals surface area contributed by atoms with E-state index in [1.165, 1.54) is 6.92 Å². The number of amides is 1. The van der Waals surface area contributed by atoms with Crippen LogP contribution in [-0.4, -0.2) is 62.5 Å². The third-order valence-electron chi connectivity index (χ3n) is 6.79. The molecule has 5 rings (SSSR count). The second-order valence-electron chi connectivity index (χ2n) is 11.3. The maximum Gasteiger partial charge on any atom is 0.422 e. The molecule has 1 amide bonds. The van der Waals surface area contributed by atoms with Crippen LogP contribution in [0.15, 0.2) is 46.9 Å². The van der Waals surface area contributed by atoms with Crippen LogP contribution in [0.25, 0.3) is 5.69 Å². The van der Waals surface area contributed by atoms with Gasteiger partial charge in [0.25, 0.3) is 0 Å². The van der Waals surface area contributed by atoms with Crippen molar-refractivity contribution in [3.63, 3.8) is 0 Å². The average molecular weight is 688 g/mol. The molecular formula is C28H30BrF4N5O6. The number of nitrogens with zero attached hydrogens (tertiary/aromatic N) is 3. The minimum atomic E-state index is -4.95. The van der Waals surface area contributed by atoms with Crippen molar-refractivity contribution in [2.45, 2.75) is 76.2 Å². The van der Waals surface area contributed by atoms with Crippen LogP contribution in [0.4, 0.5) is 22.4 Å². The molecule has 16 heteroatoms. The highest BCUT2D eigenvalue weighted by atomic mass is 79.9. The molecule has 3 N–H and O–H groups in total. The first-order chi connectivity index (χ1) is 20.6. The molecule has 3 heterocycles. The zero-order chi connectivity index (χ0) is 32.0. The first kappa shape index (κ1) is 32.2. The molecule has 2 fully saturated rings. The van der Waals surface area contributed by atoms with Crippen LogP contribution < -0.4 is 10.9 Å². The van der Waals surface area contributed by atoms with Gasteiger partial charge in [-0.25, -0.2) is 24.3 Å². The largest absolute Gasteiger partial charge is 0.443 e. The molecule has 0 aliphatic carbocycles. The first-order valence-electron chi connectivity index (χ1n) is 13.5. The van der Waals surface area contributed by atoms with Gasteiger partial charge in [-0.05, 0) is 55.8 Å². The van der Waals surface area contributed by atoms with Crippen molar-refractivity contribution < 1.29 is 46.4 Å². The molecule has 0 spiro atoms. The van der Waals surface area contributed by atoms with Gasteiger partial charge in [0.15, 0.2) is 12.1 Å². The smallest absolute Gasteiger partial charge is 0.422 e. The molecule has 0 saturated carbocycles. The number of hydrazine groups is 1. The van der Waals surface area contributed by atoms with E-state index in [0.717, 1.165) is 10.7 Å². The molecule has 0 bridgehead atoms. The van der Waals surface area contributed by atoms with E-state index >= 15 is 0 Å². The van der Waals surface area contributed by atoms with Crippen molar-refractivity contribution in [2.24, 2.45) is 0 Å². The fraction of sp³-hybridized carbons (Fsp3) is 0.464. The molecule has 11 nitrogen and oxygen atoms in total. The zero-order valence-corrected chi connectivity index (χ0v) is 25.5. The van der Waals surface area contributed by atoms with E-state index in [2.05, 4.69) is 36.9 Å². The van der Waals surface area contributed by atoms with Crippen LogP contribution in [0.5, 0.6) is 0 Å². The third-order valence-corrected chi connectivity index (χ3v) is 7.40. The molecule has 44 heavy (non-hydrogen) atoms. The molecule has 238 valence electrons. The van der Waals surface area contributed by atoms with Crippen molar-refractivity contribution in [1.29, 1.82) is 0 Å². The van der Waals surface area contributed by atoms with Crippen molar-refractivity contribution in [3.8, 4) is 5.69 Å². The van der Waals surface area contributed by atoms with E-state index in [9.17, 15) is 27.5 Å². The number of aromatic nitrogens is 3. The molecule has 2 aliphatic heterocycles. The van der Waals surface area contributed by atoms with Gasteiger partial charge < -0.3 is 24.1 Å². The topological polar surface area (TPSA) is 129 Å². The van der Waals surface area contributed by atoms with Crippen molar-refractivity contribution in [2.75, 3.05) is 6.61 Å². The van der Waals surface area contributed by atoms with Gasteiger partial charge in [0.2, 0.25) is 0 Å². The number of ether oxygens (including phenoxy) is 4. The summed E-state index contributed by atoms with van der Waals surface area (Å²) in [6, 6.07) is 9.17. The zero-order valence-electron chi connectivity index (χ0n) is 23.9. The summed E-state index contributed by atoms with van der Waals surface area (Å²) in [5.74, 6) is -1.27. The third kappa shape index (κ3) is 6.89. The lowest BCUT2D eigenvalue weighted by Gasteiger charge is -2.48. The van der Waals surface area contributed by atoms with Crippen molar-refractivity contribution in [3.05, 3.63) is 75.5 Å². The second kappa shape index (κ2) is 12.3. The van der Waals surface area contributed by atoms with Crippen molar-refractivity contribution in [1.82, 2.24) is 25.6 Å². The number of benzene rings is 2. The van der Waals surface area contributed by atoms with Crippen molar-refractivity contribution >= 4 is 22.0 Å². The van der Waals surface area contributed by atoms with Gasteiger partial charge in [-0.2, -0.15) is 18.3 Å². The van der Waals surface area contributed by atoms with Gasteiger partial charge in [0.1, 0.15) is 41.7 Å². The number of alkyl halides is 3. The monoisotopic (exact) mass is 687 g/mol. The fourth-order valence-electron chi connectivity index (χ4n) is 4.97. The lowest BCUT2D eigenvalue weighted by molar-refractivity contribution is -0.313. The van der Waals surface area contributed by atoms with E-state index in [1.807, 2.05) is 6.07 Å². The number of carbonyl (C=O) groups excluding carboxylic acids is 1. The Labute approximate surface area is 257 Å². The summed E-state index contributed by atoms with van der Waals surface area (Å²) in [6.07, 6.45) is -11.4. The summed E-state index contributed by atoms with van der Waals surface area (Å²) in [5.41, 5.74) is 3.16. The summed E-state index contributed by atoms with van der Waals surface area (Å²) < 4.78 is 80.5. The van der Waals surface area contributed by atoms with Gasteiger partial charge in [0, 0.05) is 5.56 Å². The predicted octanol–water partition coefficient (Wildman–Crippen LogP) is 4.81. The Balaban J connectivity index is 1.52. The molecular weight excluding hydrogens is 658 g/mol. The van der Waals surface area contributed by atoms with Crippen LogP contribution in [-0.2, 0) is 25.1 Å². The number of hydrogen-bond acceptors (Lipinski definition) is 9. The Hall–Kier alpha value is -3.15. The Morgan fingerprint density at radius 2 is 1.86 bits per heavy atom. The number of fused-ring (bicyclic) bond motifs is 1. The van der Waals surface area contributed by atoms with Gasteiger partial charge in [-0.3, -0.25) is 5.43 Å². The molecule has 6 atom stereocenters. The van der Waals surface area contributed by atoms with Crippen LogP contribution >= 0.6 is 15.9 Å². The number of aryl methyl sites for hydroxylation is 1. The van der Waals surface area contributed by atoms with E-state index < -0.39 is 71.7 Å². The quantitative estimate of drug-likeness (QED) is 0.256. The Morgan fingerprint density at radius 3 is 2.52 bits per heavy atom. The number of aliphatic hydroxyl groups is 1. The van der Waals surface area contributed by atoms with E-state index in [4.69, 9.17) is 18.9 Å². The van der Waals surface area contributed by atoms with Gasteiger partial charge in [-0.15, -0.1) is 0 Å². The van der Waals surface area contributed by atoms with Crippen LogP contribution in [0, 0.1) is 12.7 Å². The molecule has 1 unspecified atom stereocenters. The van der Waals surface area contributed by atoms with Crippen LogP contribution in [0.1, 0.15) is 55.9 Å². The molecule has 0 radical (unpaired) electrons. The van der Waals surface area contributed by atoms with E-state index in [0.29, 0.717) is 11.6 Å². The maximum atomic E-state index is 14.2. The van der Waals surface area contributed by atoms with E-state index in [1.54, 1.807) is 45.0 Å².